The zero-order valence-corrected chi connectivity index (χ0v) is 11.1. The number of rotatable bonds is 0. The summed E-state index contributed by atoms with van der Waals surface area (Å²) >= 11 is 0. The van der Waals surface area contributed by atoms with E-state index < -0.39 is 0 Å². The molecule has 0 aliphatic heterocycles. The summed E-state index contributed by atoms with van der Waals surface area (Å²) in [7, 11) is 0. The summed E-state index contributed by atoms with van der Waals surface area (Å²) in [6.45, 7) is 11.8. The van der Waals surface area contributed by atoms with Gasteiger partial charge in [-0.1, -0.05) is 28.7 Å². The second kappa shape index (κ2) is 41.3. The summed E-state index contributed by atoms with van der Waals surface area (Å²) in [4.78, 5) is 0. The van der Waals surface area contributed by atoms with E-state index in [0.717, 1.165) is 0 Å². The molecule has 0 nitrogen and oxygen atoms in total. The molecule has 0 aliphatic carbocycles. The Morgan fingerprint density at radius 3 is 1.09 bits per heavy atom. The van der Waals surface area contributed by atoms with Gasteiger partial charge in [0.25, 0.3) is 0 Å². The molecule has 0 unspecified atom stereocenters. The maximum Gasteiger partial charge on any atom is 0 e. The standard InChI is InChI=1S/C4H9.C3H7.2CH4.V.Y/c1-4(2)3;1-3-2;;;;/h4H,1H2,2-3H3;3H,1-2H3;2*1H4;;/q2*-1;;;;. The molecule has 0 bridgehead atoms. The van der Waals surface area contributed by atoms with E-state index >= 15 is 0 Å². The zero-order valence-electron chi connectivity index (χ0n) is 6.89. The van der Waals surface area contributed by atoms with E-state index in [0.29, 0.717) is 5.92 Å². The van der Waals surface area contributed by atoms with Gasteiger partial charge in [-0.05, 0) is 0 Å². The molecule has 0 heterocycles. The van der Waals surface area contributed by atoms with Gasteiger partial charge in [0.1, 0.15) is 0 Å². The maximum atomic E-state index is 3.64. The van der Waals surface area contributed by atoms with Gasteiger partial charge in [-0.15, -0.1) is 0 Å². The first kappa shape index (κ1) is 38.8. The predicted molar refractivity (Wildman–Crippen MR) is 49.3 cm³/mol. The fourth-order valence-electron chi connectivity index (χ4n) is 0. The molecule has 0 aromatic rings. The molecule has 70 valence electrons. The molecule has 0 atom stereocenters. The Kier molecular flexibility index (Phi) is 145. The van der Waals surface area contributed by atoms with Crippen molar-refractivity contribution in [2.24, 2.45) is 5.92 Å². The van der Waals surface area contributed by atoms with Crippen molar-refractivity contribution >= 4 is 0 Å². The summed E-state index contributed by atoms with van der Waals surface area (Å²) < 4.78 is 0. The maximum absolute atomic E-state index is 3.64. The molecular formula is C9H24VY-2. The normalized spacial score (nSPS) is 4.91. The minimum absolute atomic E-state index is 0. The van der Waals surface area contributed by atoms with Crippen molar-refractivity contribution < 1.29 is 51.3 Å². The zero-order chi connectivity index (χ0) is 6.28. The van der Waals surface area contributed by atoms with Crippen molar-refractivity contribution in [2.75, 3.05) is 0 Å². The molecule has 0 spiro atoms. The van der Waals surface area contributed by atoms with Crippen molar-refractivity contribution in [3.8, 4) is 0 Å². The van der Waals surface area contributed by atoms with Crippen LogP contribution in [0.15, 0.2) is 0 Å². The van der Waals surface area contributed by atoms with E-state index in [2.05, 4.69) is 20.8 Å². The van der Waals surface area contributed by atoms with Gasteiger partial charge in [0, 0.05) is 51.3 Å². The van der Waals surface area contributed by atoms with Gasteiger partial charge in [-0.2, -0.15) is 19.8 Å². The van der Waals surface area contributed by atoms with Gasteiger partial charge in [0.2, 0.25) is 0 Å². The van der Waals surface area contributed by atoms with Crippen LogP contribution in [-0.2, 0) is 51.3 Å². The van der Waals surface area contributed by atoms with Gasteiger partial charge in [0.15, 0.2) is 0 Å². The Labute approximate surface area is 112 Å². The van der Waals surface area contributed by atoms with Crippen LogP contribution < -0.4 is 0 Å². The summed E-state index contributed by atoms with van der Waals surface area (Å²) in [5, 5.41) is 0. The fraction of sp³-hybridized carbons (Fsp3) is 0.778. The van der Waals surface area contributed by atoms with Crippen LogP contribution in [0.25, 0.3) is 0 Å². The molecule has 0 rings (SSSR count). The van der Waals surface area contributed by atoms with Gasteiger partial charge in [0.05, 0.1) is 0 Å². The molecule has 0 fully saturated rings. The molecule has 0 amide bonds. The van der Waals surface area contributed by atoms with E-state index in [1.165, 1.54) is 0 Å². The van der Waals surface area contributed by atoms with Crippen LogP contribution in [0, 0.1) is 19.3 Å². The smallest absolute Gasteiger partial charge is 0 e. The fourth-order valence-corrected chi connectivity index (χ4v) is 0. The van der Waals surface area contributed by atoms with Crippen molar-refractivity contribution in [3.05, 3.63) is 13.3 Å². The van der Waals surface area contributed by atoms with E-state index in [1.807, 2.05) is 20.3 Å². The average Bonchev–Trinajstić information content (AvgIpc) is 1.33. The van der Waals surface area contributed by atoms with Gasteiger partial charge in [-0.3, -0.25) is 0 Å². The Bertz CT molecular complexity index is 20.8. The molecule has 2 radical (unpaired) electrons. The second-order valence-electron chi connectivity index (χ2n) is 1.97. The van der Waals surface area contributed by atoms with E-state index in [4.69, 9.17) is 0 Å². The second-order valence-corrected chi connectivity index (χ2v) is 1.97. The Hall–Kier alpha value is 1.69. The third-order valence-corrected chi connectivity index (χ3v) is 0. The van der Waals surface area contributed by atoms with Gasteiger partial charge < -0.3 is 13.3 Å². The van der Waals surface area contributed by atoms with Crippen molar-refractivity contribution in [1.82, 2.24) is 0 Å². The molecule has 0 aromatic carbocycles. The first-order valence-electron chi connectivity index (χ1n) is 2.72. The predicted octanol–water partition coefficient (Wildman–Crippen LogP) is 3.97. The molecule has 0 saturated carbocycles. The molecule has 0 aliphatic rings. The topological polar surface area (TPSA) is 0 Å². The quantitative estimate of drug-likeness (QED) is 0.585. The number of hydrogen-bond donors (Lipinski definition) is 0. The molecule has 0 N–H and O–H groups in total. The van der Waals surface area contributed by atoms with Crippen molar-refractivity contribution in [1.29, 1.82) is 0 Å². The molecule has 11 heavy (non-hydrogen) atoms. The van der Waals surface area contributed by atoms with Gasteiger partial charge >= 0.3 is 0 Å². The average molecular weight is 272 g/mol. The van der Waals surface area contributed by atoms with Crippen LogP contribution in [0.1, 0.15) is 42.5 Å². The van der Waals surface area contributed by atoms with Crippen molar-refractivity contribution in [3.63, 3.8) is 0 Å². The Balaban J connectivity index is -0.00000000848. The van der Waals surface area contributed by atoms with E-state index in [1.54, 1.807) is 0 Å². The first-order chi connectivity index (χ1) is 3.15. The van der Waals surface area contributed by atoms with Crippen LogP contribution in [-0.4, -0.2) is 0 Å². The summed E-state index contributed by atoms with van der Waals surface area (Å²) in [5.41, 5.74) is 0. The van der Waals surface area contributed by atoms with Crippen molar-refractivity contribution in [2.45, 2.75) is 42.5 Å². The first-order valence-corrected chi connectivity index (χ1v) is 2.72. The third-order valence-electron chi connectivity index (χ3n) is 0. The molecular weight excluding hydrogens is 248 g/mol. The van der Waals surface area contributed by atoms with Crippen LogP contribution in [0.5, 0.6) is 0 Å². The van der Waals surface area contributed by atoms with Crippen LogP contribution in [0.3, 0.4) is 0 Å². The minimum atomic E-state index is 0. The Morgan fingerprint density at radius 1 is 1.09 bits per heavy atom. The molecule has 2 heteroatoms. The Morgan fingerprint density at radius 2 is 1.09 bits per heavy atom. The van der Waals surface area contributed by atoms with E-state index in [-0.39, 0.29) is 66.1 Å². The van der Waals surface area contributed by atoms with Gasteiger partial charge in [-0.25, -0.2) is 0 Å². The summed E-state index contributed by atoms with van der Waals surface area (Å²) in [5.74, 6) is 0.583. The van der Waals surface area contributed by atoms with Crippen LogP contribution >= 0.6 is 0 Å². The van der Waals surface area contributed by atoms with Crippen LogP contribution in [0.4, 0.5) is 0 Å². The summed E-state index contributed by atoms with van der Waals surface area (Å²) in [6, 6.07) is 0. The van der Waals surface area contributed by atoms with E-state index in [9.17, 15) is 0 Å². The largest absolute Gasteiger partial charge is 0.341 e. The van der Waals surface area contributed by atoms with Crippen LogP contribution in [0.2, 0.25) is 0 Å². The minimum Gasteiger partial charge on any atom is -0.341 e. The SMILES string of the molecule is C.C.C[CH-]C.[CH2-]C(C)C.[V].[Y]. The molecule has 0 saturated heterocycles. The molecule has 0 aromatic heterocycles. The summed E-state index contributed by atoms with van der Waals surface area (Å²) in [6.07, 6.45) is 2.00. The third kappa shape index (κ3) is 385. The monoisotopic (exact) mass is 272 g/mol. The number of hydrogen-bond acceptors (Lipinski definition) is 0.